The monoisotopic (exact) mass is 560 g/mol. The Labute approximate surface area is 239 Å². The molecule has 0 spiro atoms. The number of carbonyl (C=O) groups excluding carboxylic acids is 2. The first-order valence-electron chi connectivity index (χ1n) is 14.0. The van der Waals surface area contributed by atoms with E-state index < -0.39 is 5.91 Å². The largest absolute Gasteiger partial charge is 0.497 e. The van der Waals surface area contributed by atoms with Crippen molar-refractivity contribution in [3.63, 3.8) is 0 Å². The summed E-state index contributed by atoms with van der Waals surface area (Å²) in [5.41, 5.74) is 1.70. The number of piperidine rings is 1. The van der Waals surface area contributed by atoms with Gasteiger partial charge in [0.15, 0.2) is 11.5 Å². The number of hydrogen-bond acceptors (Lipinski definition) is 8. The van der Waals surface area contributed by atoms with Crippen molar-refractivity contribution in [1.29, 1.82) is 0 Å². The molecule has 1 N–H and O–H groups in total. The molecule has 41 heavy (non-hydrogen) atoms. The SMILES string of the molecule is CCOCCCN(C)C1CCN(C(=O)c2oc3ccccc3c2NC(=O)c2cc(-c3ccc(OC)cc3)on2)CC1. The molecule has 0 atom stereocenters. The molecule has 1 saturated heterocycles. The molecule has 0 radical (unpaired) electrons. The van der Waals surface area contributed by atoms with Gasteiger partial charge in [-0.25, -0.2) is 0 Å². The zero-order valence-electron chi connectivity index (χ0n) is 23.7. The van der Waals surface area contributed by atoms with Crippen molar-refractivity contribution in [2.24, 2.45) is 0 Å². The Morgan fingerprint density at radius 3 is 2.61 bits per heavy atom. The first-order valence-corrected chi connectivity index (χ1v) is 14.0. The van der Waals surface area contributed by atoms with Crippen LogP contribution in [0.2, 0.25) is 0 Å². The summed E-state index contributed by atoms with van der Waals surface area (Å²) in [7, 11) is 3.72. The van der Waals surface area contributed by atoms with Gasteiger partial charge in [-0.15, -0.1) is 0 Å². The average Bonchev–Trinajstić information content (AvgIpc) is 3.65. The van der Waals surface area contributed by atoms with Gasteiger partial charge in [-0.1, -0.05) is 17.3 Å². The summed E-state index contributed by atoms with van der Waals surface area (Å²) >= 11 is 0. The minimum absolute atomic E-state index is 0.0905. The predicted octanol–water partition coefficient (Wildman–Crippen LogP) is 5.31. The zero-order chi connectivity index (χ0) is 28.8. The Bertz CT molecular complexity index is 1470. The van der Waals surface area contributed by atoms with E-state index in [-0.39, 0.29) is 17.4 Å². The van der Waals surface area contributed by atoms with Gasteiger partial charge < -0.3 is 33.5 Å². The fraction of sp³-hybridized carbons (Fsp3) is 0.387. The molecule has 2 amide bonds. The number of methoxy groups -OCH3 is 1. The van der Waals surface area contributed by atoms with E-state index in [1.807, 2.05) is 37.3 Å². The number of nitrogens with one attached hydrogen (secondary N) is 1. The van der Waals surface area contributed by atoms with E-state index in [0.717, 1.165) is 44.6 Å². The zero-order valence-corrected chi connectivity index (χ0v) is 23.7. The normalized spacial score (nSPS) is 14.1. The minimum Gasteiger partial charge on any atom is -0.497 e. The van der Waals surface area contributed by atoms with Gasteiger partial charge in [-0.3, -0.25) is 9.59 Å². The van der Waals surface area contributed by atoms with Gasteiger partial charge >= 0.3 is 0 Å². The van der Waals surface area contributed by atoms with Crippen molar-refractivity contribution < 1.29 is 28.0 Å². The highest BCUT2D eigenvalue weighted by molar-refractivity contribution is 6.14. The van der Waals surface area contributed by atoms with Crippen LogP contribution in [0.1, 0.15) is 47.2 Å². The van der Waals surface area contributed by atoms with Crippen LogP contribution in [0.3, 0.4) is 0 Å². The van der Waals surface area contributed by atoms with Gasteiger partial charge in [-0.05, 0) is 69.6 Å². The third-order valence-corrected chi connectivity index (χ3v) is 7.52. The van der Waals surface area contributed by atoms with E-state index in [2.05, 4.69) is 22.4 Å². The predicted molar refractivity (Wildman–Crippen MR) is 155 cm³/mol. The molecule has 5 rings (SSSR count). The fourth-order valence-electron chi connectivity index (χ4n) is 5.17. The number of carbonyl (C=O) groups is 2. The smallest absolute Gasteiger partial charge is 0.291 e. The molecule has 1 aliphatic rings. The van der Waals surface area contributed by atoms with Crippen LogP contribution in [-0.4, -0.2) is 79.8 Å². The fourth-order valence-corrected chi connectivity index (χ4v) is 5.17. The summed E-state index contributed by atoms with van der Waals surface area (Å²) in [4.78, 5) is 31.1. The van der Waals surface area contributed by atoms with Crippen LogP contribution in [0.25, 0.3) is 22.3 Å². The van der Waals surface area contributed by atoms with E-state index in [0.29, 0.717) is 47.3 Å². The number of anilines is 1. The molecular formula is C31H36N4O6. The Morgan fingerprint density at radius 1 is 1.12 bits per heavy atom. The van der Waals surface area contributed by atoms with Crippen LogP contribution in [0.15, 0.2) is 63.5 Å². The van der Waals surface area contributed by atoms with Crippen LogP contribution in [-0.2, 0) is 4.74 Å². The topological polar surface area (TPSA) is 110 Å². The number of amides is 2. The number of furan rings is 1. The van der Waals surface area contributed by atoms with Crippen LogP contribution in [0.5, 0.6) is 5.75 Å². The minimum atomic E-state index is -0.499. The lowest BCUT2D eigenvalue weighted by atomic mass is 10.0. The van der Waals surface area contributed by atoms with Crippen molar-refractivity contribution in [3.8, 4) is 17.1 Å². The van der Waals surface area contributed by atoms with Crippen molar-refractivity contribution in [2.75, 3.05) is 52.3 Å². The molecule has 10 nitrogen and oxygen atoms in total. The maximum absolute atomic E-state index is 13.7. The number of nitrogens with zero attached hydrogens (tertiary/aromatic N) is 3. The van der Waals surface area contributed by atoms with E-state index in [1.165, 1.54) is 0 Å². The van der Waals surface area contributed by atoms with Gasteiger partial charge in [0.25, 0.3) is 11.8 Å². The summed E-state index contributed by atoms with van der Waals surface area (Å²) in [6, 6.07) is 16.5. The molecule has 2 aromatic carbocycles. The van der Waals surface area contributed by atoms with E-state index in [4.69, 9.17) is 18.4 Å². The number of rotatable bonds is 11. The van der Waals surface area contributed by atoms with Gasteiger partial charge in [0.2, 0.25) is 5.76 Å². The first kappa shape index (κ1) is 28.4. The van der Waals surface area contributed by atoms with E-state index in [9.17, 15) is 9.59 Å². The molecule has 10 heteroatoms. The van der Waals surface area contributed by atoms with Crippen molar-refractivity contribution >= 4 is 28.5 Å². The van der Waals surface area contributed by atoms with E-state index in [1.54, 1.807) is 36.3 Å². The number of likely N-dealkylation sites (tertiary alicyclic amines) is 1. The molecule has 1 aliphatic heterocycles. The van der Waals surface area contributed by atoms with Crippen LogP contribution < -0.4 is 10.1 Å². The van der Waals surface area contributed by atoms with Crippen LogP contribution in [0.4, 0.5) is 5.69 Å². The quantitative estimate of drug-likeness (QED) is 0.246. The van der Waals surface area contributed by atoms with E-state index >= 15 is 0 Å². The third kappa shape index (κ3) is 6.44. The highest BCUT2D eigenvalue weighted by Crippen LogP contribution is 2.33. The second-order valence-corrected chi connectivity index (χ2v) is 10.1. The first-order chi connectivity index (χ1) is 20.0. The number of ether oxygens (including phenoxy) is 2. The standard InChI is InChI=1S/C31H36N4O6/c1-4-39-19-7-16-34(2)22-14-17-35(18-15-22)31(37)29-28(24-8-5-6-9-26(24)40-29)32-30(36)25-20-27(41-33-25)21-10-12-23(38-3)13-11-21/h5-6,8-13,20,22H,4,7,14-19H2,1-3H3,(H,32,36). The summed E-state index contributed by atoms with van der Waals surface area (Å²) in [5.74, 6) is 0.525. The van der Waals surface area contributed by atoms with Crippen molar-refractivity contribution in [3.05, 3.63) is 66.1 Å². The highest BCUT2D eigenvalue weighted by Gasteiger charge is 2.31. The summed E-state index contributed by atoms with van der Waals surface area (Å²) < 4.78 is 22.1. The second-order valence-electron chi connectivity index (χ2n) is 10.1. The number of fused-ring (bicyclic) bond motifs is 1. The maximum Gasteiger partial charge on any atom is 0.291 e. The van der Waals surface area contributed by atoms with Gasteiger partial charge in [0, 0.05) is 55.9 Å². The lowest BCUT2D eigenvalue weighted by Gasteiger charge is -2.36. The van der Waals surface area contributed by atoms with Crippen molar-refractivity contribution in [2.45, 2.75) is 32.2 Å². The Balaban J connectivity index is 1.29. The lowest BCUT2D eigenvalue weighted by Crippen LogP contribution is -2.46. The molecule has 1 fully saturated rings. The third-order valence-electron chi connectivity index (χ3n) is 7.52. The Kier molecular flexibility index (Phi) is 9.01. The lowest BCUT2D eigenvalue weighted by molar-refractivity contribution is 0.0606. The summed E-state index contributed by atoms with van der Waals surface area (Å²) in [5, 5.41) is 7.48. The summed E-state index contributed by atoms with van der Waals surface area (Å²) in [6.07, 6.45) is 2.72. The average molecular weight is 561 g/mol. The Morgan fingerprint density at radius 2 is 1.88 bits per heavy atom. The van der Waals surface area contributed by atoms with Crippen molar-refractivity contribution in [1.82, 2.24) is 15.0 Å². The highest BCUT2D eigenvalue weighted by atomic mass is 16.5. The molecule has 2 aromatic heterocycles. The Hall–Kier alpha value is -4.15. The number of benzene rings is 2. The van der Waals surface area contributed by atoms with Gasteiger partial charge in [0.1, 0.15) is 17.0 Å². The molecular weight excluding hydrogens is 524 g/mol. The summed E-state index contributed by atoms with van der Waals surface area (Å²) in [6.45, 7) is 5.67. The van der Waals surface area contributed by atoms with Gasteiger partial charge in [0.05, 0.1) is 7.11 Å². The number of hydrogen-bond donors (Lipinski definition) is 1. The van der Waals surface area contributed by atoms with Crippen LogP contribution in [0, 0.1) is 0 Å². The number of para-hydroxylation sites is 1. The maximum atomic E-state index is 13.7. The second kappa shape index (κ2) is 13.0. The molecule has 4 aromatic rings. The molecule has 0 bridgehead atoms. The number of aromatic nitrogens is 1. The van der Waals surface area contributed by atoms with Crippen LogP contribution >= 0.6 is 0 Å². The van der Waals surface area contributed by atoms with Gasteiger partial charge in [-0.2, -0.15) is 0 Å². The molecule has 0 saturated carbocycles. The molecule has 0 aliphatic carbocycles. The molecule has 0 unspecified atom stereocenters. The molecule has 216 valence electrons. The molecule has 3 heterocycles.